The van der Waals surface area contributed by atoms with Gasteiger partial charge in [-0.05, 0) is 52.7 Å². The Balaban J connectivity index is 2.16. The van der Waals surface area contributed by atoms with Crippen LogP contribution in [0, 0.1) is 0 Å². The van der Waals surface area contributed by atoms with E-state index in [1.54, 1.807) is 6.08 Å². The number of hydrogen-bond donors (Lipinski definition) is 1. The fraction of sp³-hybridized carbons (Fsp3) is 0.222. The lowest BCUT2D eigenvalue weighted by Crippen LogP contribution is -2.03. The van der Waals surface area contributed by atoms with Gasteiger partial charge in [0, 0.05) is 12.2 Å². The largest absolute Gasteiger partial charge is 0.490 e. The summed E-state index contributed by atoms with van der Waals surface area (Å²) in [6.07, 6.45) is 1.72. The molecule has 0 radical (unpaired) electrons. The van der Waals surface area contributed by atoms with Gasteiger partial charge in [-0.3, -0.25) is 0 Å². The van der Waals surface area contributed by atoms with Gasteiger partial charge in [0.1, 0.15) is 6.61 Å². The molecule has 3 nitrogen and oxygen atoms in total. The highest BCUT2D eigenvalue weighted by Crippen LogP contribution is 2.37. The van der Waals surface area contributed by atoms with Gasteiger partial charge in [0.2, 0.25) is 0 Å². The molecule has 0 bridgehead atoms. The van der Waals surface area contributed by atoms with Crippen LogP contribution in [0.5, 0.6) is 11.5 Å². The Labute approximate surface area is 140 Å². The van der Waals surface area contributed by atoms with Crippen LogP contribution in [0.4, 0.5) is 5.69 Å². The first kappa shape index (κ1) is 16.4. The number of nitrogens with one attached hydrogen (secondary N) is 1. The Kier molecular flexibility index (Phi) is 6.34. The van der Waals surface area contributed by atoms with Crippen molar-refractivity contribution in [3.8, 4) is 11.5 Å². The fourth-order valence-electron chi connectivity index (χ4n) is 2.03. The molecule has 0 fully saturated rings. The van der Waals surface area contributed by atoms with E-state index in [0.29, 0.717) is 25.5 Å². The Hall–Kier alpha value is -1.94. The molecule has 0 aliphatic heterocycles. The summed E-state index contributed by atoms with van der Waals surface area (Å²) in [5.41, 5.74) is 2.20. The van der Waals surface area contributed by atoms with Crippen molar-refractivity contribution >= 4 is 21.6 Å². The second-order valence-electron chi connectivity index (χ2n) is 4.66. The molecule has 0 heterocycles. The molecule has 0 aliphatic rings. The molecule has 0 spiro atoms. The number of halogens is 1. The molecular formula is C18H20BrNO2. The molecule has 0 saturated heterocycles. The van der Waals surface area contributed by atoms with E-state index in [0.717, 1.165) is 21.5 Å². The van der Waals surface area contributed by atoms with Crippen molar-refractivity contribution in [3.05, 3.63) is 65.2 Å². The molecule has 116 valence electrons. The molecule has 2 aromatic rings. The lowest BCUT2D eigenvalue weighted by molar-refractivity contribution is 0.295. The molecule has 0 unspecified atom stereocenters. The van der Waals surface area contributed by atoms with Crippen LogP contribution >= 0.6 is 15.9 Å². The second-order valence-corrected chi connectivity index (χ2v) is 5.51. The van der Waals surface area contributed by atoms with Gasteiger partial charge in [0.25, 0.3) is 0 Å². The molecule has 0 amide bonds. The van der Waals surface area contributed by atoms with Crippen LogP contribution in [-0.2, 0) is 6.54 Å². The summed E-state index contributed by atoms with van der Waals surface area (Å²) >= 11 is 3.56. The predicted molar refractivity (Wildman–Crippen MR) is 94.8 cm³/mol. The molecule has 22 heavy (non-hydrogen) atoms. The third kappa shape index (κ3) is 4.53. The minimum absolute atomic E-state index is 0.445. The minimum atomic E-state index is 0.445. The van der Waals surface area contributed by atoms with Crippen LogP contribution in [0.15, 0.2) is 59.6 Å². The normalized spacial score (nSPS) is 10.1. The van der Waals surface area contributed by atoms with Crippen LogP contribution in [0.3, 0.4) is 0 Å². The number of para-hydroxylation sites is 1. The summed E-state index contributed by atoms with van der Waals surface area (Å²) in [5.74, 6) is 1.45. The first-order valence-corrected chi connectivity index (χ1v) is 8.01. The number of rotatable bonds is 8. The minimum Gasteiger partial charge on any atom is -0.490 e. The highest BCUT2D eigenvalue weighted by molar-refractivity contribution is 9.10. The smallest absolute Gasteiger partial charge is 0.175 e. The van der Waals surface area contributed by atoms with E-state index in [1.165, 1.54) is 0 Å². The van der Waals surface area contributed by atoms with Gasteiger partial charge in [-0.25, -0.2) is 0 Å². The van der Waals surface area contributed by atoms with Gasteiger partial charge < -0.3 is 14.8 Å². The van der Waals surface area contributed by atoms with E-state index in [-0.39, 0.29) is 0 Å². The van der Waals surface area contributed by atoms with Crippen molar-refractivity contribution in [2.24, 2.45) is 0 Å². The molecule has 0 atom stereocenters. The quantitative estimate of drug-likeness (QED) is 0.669. The Morgan fingerprint density at radius 1 is 1.18 bits per heavy atom. The first-order valence-electron chi connectivity index (χ1n) is 7.22. The molecule has 0 saturated carbocycles. The van der Waals surface area contributed by atoms with Crippen LogP contribution in [0.2, 0.25) is 0 Å². The SMILES string of the molecule is C=CCOc1c(Br)cc(CNc2ccccc2)cc1OCC. The molecule has 2 rings (SSSR count). The maximum Gasteiger partial charge on any atom is 0.175 e. The Morgan fingerprint density at radius 2 is 1.95 bits per heavy atom. The van der Waals surface area contributed by atoms with Gasteiger partial charge in [-0.2, -0.15) is 0 Å². The summed E-state index contributed by atoms with van der Waals surface area (Å²) < 4.78 is 12.2. The zero-order valence-corrected chi connectivity index (χ0v) is 14.2. The van der Waals surface area contributed by atoms with E-state index in [4.69, 9.17) is 9.47 Å². The summed E-state index contributed by atoms with van der Waals surface area (Å²) in [6.45, 7) is 7.38. The van der Waals surface area contributed by atoms with E-state index in [1.807, 2.05) is 49.4 Å². The Bertz CT molecular complexity index is 614. The van der Waals surface area contributed by atoms with Crippen LogP contribution in [0.25, 0.3) is 0 Å². The van der Waals surface area contributed by atoms with Gasteiger partial charge in [-0.15, -0.1) is 0 Å². The number of anilines is 1. The average Bonchev–Trinajstić information content (AvgIpc) is 2.53. The maximum absolute atomic E-state index is 5.69. The summed E-state index contributed by atoms with van der Waals surface area (Å²) in [5, 5.41) is 3.39. The highest BCUT2D eigenvalue weighted by atomic mass is 79.9. The number of ether oxygens (including phenoxy) is 2. The summed E-state index contributed by atoms with van der Waals surface area (Å²) in [7, 11) is 0. The third-order valence-electron chi connectivity index (χ3n) is 2.99. The number of benzene rings is 2. The summed E-state index contributed by atoms with van der Waals surface area (Å²) in [6, 6.07) is 14.1. The lowest BCUT2D eigenvalue weighted by Gasteiger charge is -2.15. The Morgan fingerprint density at radius 3 is 2.64 bits per heavy atom. The van der Waals surface area contributed by atoms with Crippen LogP contribution in [-0.4, -0.2) is 13.2 Å². The topological polar surface area (TPSA) is 30.5 Å². The van der Waals surface area contributed by atoms with Gasteiger partial charge in [0.05, 0.1) is 11.1 Å². The van der Waals surface area contributed by atoms with Crippen molar-refractivity contribution in [2.75, 3.05) is 18.5 Å². The third-order valence-corrected chi connectivity index (χ3v) is 3.57. The molecular weight excluding hydrogens is 342 g/mol. The van der Waals surface area contributed by atoms with E-state index in [9.17, 15) is 0 Å². The standard InChI is InChI=1S/C18H20BrNO2/c1-3-10-22-18-16(19)11-14(12-17(18)21-4-2)13-20-15-8-6-5-7-9-15/h3,5-9,11-12,20H,1,4,10,13H2,2H3. The average molecular weight is 362 g/mol. The first-order chi connectivity index (χ1) is 10.7. The van der Waals surface area contributed by atoms with Gasteiger partial charge >= 0.3 is 0 Å². The second kappa shape index (κ2) is 8.49. The molecule has 1 N–H and O–H groups in total. The monoisotopic (exact) mass is 361 g/mol. The van der Waals surface area contributed by atoms with E-state index >= 15 is 0 Å². The molecule has 0 aliphatic carbocycles. The molecule has 4 heteroatoms. The van der Waals surface area contributed by atoms with Gasteiger partial charge in [-0.1, -0.05) is 30.9 Å². The van der Waals surface area contributed by atoms with Crippen molar-refractivity contribution in [3.63, 3.8) is 0 Å². The van der Waals surface area contributed by atoms with E-state index < -0.39 is 0 Å². The van der Waals surface area contributed by atoms with Crippen LogP contribution < -0.4 is 14.8 Å². The van der Waals surface area contributed by atoms with Crippen molar-refractivity contribution in [2.45, 2.75) is 13.5 Å². The zero-order chi connectivity index (χ0) is 15.8. The lowest BCUT2D eigenvalue weighted by atomic mass is 10.2. The van der Waals surface area contributed by atoms with Gasteiger partial charge in [0.15, 0.2) is 11.5 Å². The zero-order valence-electron chi connectivity index (χ0n) is 12.6. The predicted octanol–water partition coefficient (Wildman–Crippen LogP) is 5.02. The molecule has 0 aromatic heterocycles. The molecule has 2 aromatic carbocycles. The van der Waals surface area contributed by atoms with E-state index in [2.05, 4.69) is 27.8 Å². The number of hydrogen-bond acceptors (Lipinski definition) is 3. The highest BCUT2D eigenvalue weighted by Gasteiger charge is 2.12. The fourth-order valence-corrected chi connectivity index (χ4v) is 2.63. The maximum atomic E-state index is 5.69. The van der Waals surface area contributed by atoms with Crippen LogP contribution in [0.1, 0.15) is 12.5 Å². The summed E-state index contributed by atoms with van der Waals surface area (Å²) in [4.78, 5) is 0. The van der Waals surface area contributed by atoms with Crippen molar-refractivity contribution in [1.82, 2.24) is 0 Å². The van der Waals surface area contributed by atoms with Crippen molar-refractivity contribution < 1.29 is 9.47 Å². The van der Waals surface area contributed by atoms with Crippen molar-refractivity contribution in [1.29, 1.82) is 0 Å².